The van der Waals surface area contributed by atoms with Crippen LogP contribution in [0.15, 0.2) is 35.0 Å². The zero-order valence-electron chi connectivity index (χ0n) is 13.7. The molecule has 1 amide bonds. The SMILES string of the molecule is COc1ccc2nc(N(CCN(C)C)C(=O)c3ccno3)sc2c1. The number of anilines is 1. The Morgan fingerprint density at radius 3 is 2.79 bits per heavy atom. The van der Waals surface area contributed by atoms with Crippen molar-refractivity contribution in [3.05, 3.63) is 36.2 Å². The fourth-order valence-electron chi connectivity index (χ4n) is 2.18. The van der Waals surface area contributed by atoms with Crippen molar-refractivity contribution in [2.24, 2.45) is 0 Å². The lowest BCUT2D eigenvalue weighted by Gasteiger charge is -2.20. The van der Waals surface area contributed by atoms with Gasteiger partial charge >= 0.3 is 0 Å². The van der Waals surface area contributed by atoms with Crippen molar-refractivity contribution in [1.82, 2.24) is 15.0 Å². The summed E-state index contributed by atoms with van der Waals surface area (Å²) in [6, 6.07) is 7.21. The number of carbonyl (C=O) groups is 1. The minimum Gasteiger partial charge on any atom is -0.497 e. The largest absolute Gasteiger partial charge is 0.497 e. The third-order valence-electron chi connectivity index (χ3n) is 3.48. The number of methoxy groups -OCH3 is 1. The van der Waals surface area contributed by atoms with E-state index in [0.717, 1.165) is 16.0 Å². The maximum Gasteiger partial charge on any atom is 0.298 e. The molecule has 3 rings (SSSR count). The van der Waals surface area contributed by atoms with E-state index in [9.17, 15) is 4.79 Å². The number of nitrogens with zero attached hydrogens (tertiary/aromatic N) is 4. The van der Waals surface area contributed by atoms with E-state index in [0.29, 0.717) is 18.2 Å². The van der Waals surface area contributed by atoms with E-state index in [-0.39, 0.29) is 11.7 Å². The van der Waals surface area contributed by atoms with Gasteiger partial charge in [-0.2, -0.15) is 0 Å². The summed E-state index contributed by atoms with van der Waals surface area (Å²) in [5, 5.41) is 4.24. The fraction of sp³-hybridized carbons (Fsp3) is 0.312. The minimum atomic E-state index is -0.250. The van der Waals surface area contributed by atoms with Gasteiger partial charge in [-0.05, 0) is 32.3 Å². The number of hydrogen-bond acceptors (Lipinski definition) is 7. The second kappa shape index (κ2) is 6.98. The van der Waals surface area contributed by atoms with E-state index < -0.39 is 0 Å². The first-order chi connectivity index (χ1) is 11.6. The predicted octanol–water partition coefficient (Wildman–Crippen LogP) is 2.50. The number of hydrogen-bond donors (Lipinski definition) is 0. The number of fused-ring (bicyclic) bond motifs is 1. The third-order valence-corrected chi connectivity index (χ3v) is 4.52. The average Bonchev–Trinajstić information content (AvgIpc) is 3.23. The highest BCUT2D eigenvalue weighted by Gasteiger charge is 2.24. The summed E-state index contributed by atoms with van der Waals surface area (Å²) in [4.78, 5) is 21.0. The zero-order valence-corrected chi connectivity index (χ0v) is 14.5. The second-order valence-electron chi connectivity index (χ2n) is 5.47. The molecule has 1 aromatic carbocycles. The van der Waals surface area contributed by atoms with Crippen LogP contribution in [-0.4, -0.2) is 55.2 Å². The number of rotatable bonds is 6. The summed E-state index contributed by atoms with van der Waals surface area (Å²) in [6.07, 6.45) is 1.46. The van der Waals surface area contributed by atoms with Gasteiger partial charge in [0.15, 0.2) is 5.13 Å². The molecule has 0 N–H and O–H groups in total. The second-order valence-corrected chi connectivity index (χ2v) is 6.48. The van der Waals surface area contributed by atoms with Gasteiger partial charge < -0.3 is 14.2 Å². The van der Waals surface area contributed by atoms with Crippen LogP contribution in [0.4, 0.5) is 5.13 Å². The van der Waals surface area contributed by atoms with E-state index in [1.165, 1.54) is 17.5 Å². The molecule has 2 aromatic heterocycles. The van der Waals surface area contributed by atoms with Crippen molar-refractivity contribution in [3.8, 4) is 5.75 Å². The first-order valence-corrected chi connectivity index (χ1v) is 8.22. The molecule has 126 valence electrons. The third kappa shape index (κ3) is 3.39. The topological polar surface area (TPSA) is 71.7 Å². The van der Waals surface area contributed by atoms with Crippen LogP contribution in [0.2, 0.25) is 0 Å². The summed E-state index contributed by atoms with van der Waals surface area (Å²) >= 11 is 1.45. The van der Waals surface area contributed by atoms with Crippen LogP contribution in [0.5, 0.6) is 5.75 Å². The van der Waals surface area contributed by atoms with Gasteiger partial charge in [-0.15, -0.1) is 0 Å². The molecule has 0 saturated carbocycles. The Morgan fingerprint density at radius 2 is 2.12 bits per heavy atom. The number of aromatic nitrogens is 2. The van der Waals surface area contributed by atoms with Crippen molar-refractivity contribution in [1.29, 1.82) is 0 Å². The van der Waals surface area contributed by atoms with Gasteiger partial charge in [0.25, 0.3) is 5.91 Å². The van der Waals surface area contributed by atoms with Crippen LogP contribution < -0.4 is 9.64 Å². The van der Waals surface area contributed by atoms with Crippen molar-refractivity contribution < 1.29 is 14.1 Å². The minimum absolute atomic E-state index is 0.200. The normalized spacial score (nSPS) is 11.2. The fourth-order valence-corrected chi connectivity index (χ4v) is 3.20. The standard InChI is InChI=1S/C16H18N4O3S/c1-19(2)8-9-20(15(21)13-6-7-17-23-13)16-18-12-5-4-11(22-3)10-14(12)24-16/h4-7,10H,8-9H2,1-3H3. The van der Waals surface area contributed by atoms with Crippen molar-refractivity contribution >= 4 is 32.6 Å². The van der Waals surface area contributed by atoms with Gasteiger partial charge in [0, 0.05) is 19.2 Å². The van der Waals surface area contributed by atoms with Crippen molar-refractivity contribution in [3.63, 3.8) is 0 Å². The molecule has 0 radical (unpaired) electrons. The molecule has 0 unspecified atom stereocenters. The highest BCUT2D eigenvalue weighted by atomic mass is 32.1. The van der Waals surface area contributed by atoms with Crippen LogP contribution in [0.25, 0.3) is 10.2 Å². The number of likely N-dealkylation sites (N-methyl/N-ethyl adjacent to an activating group) is 1. The van der Waals surface area contributed by atoms with Crippen LogP contribution in [0.1, 0.15) is 10.6 Å². The number of thiazole rings is 1. The summed E-state index contributed by atoms with van der Waals surface area (Å²) in [6.45, 7) is 1.21. The summed E-state index contributed by atoms with van der Waals surface area (Å²) in [5.41, 5.74) is 0.830. The van der Waals surface area contributed by atoms with Crippen LogP contribution in [-0.2, 0) is 0 Å². The Hall–Kier alpha value is -2.45. The monoisotopic (exact) mass is 346 g/mol. The maximum absolute atomic E-state index is 12.7. The van der Waals surface area contributed by atoms with Gasteiger partial charge in [0.1, 0.15) is 5.75 Å². The van der Waals surface area contributed by atoms with Gasteiger partial charge in [0.2, 0.25) is 5.76 Å². The molecule has 24 heavy (non-hydrogen) atoms. The molecular weight excluding hydrogens is 328 g/mol. The lowest BCUT2D eigenvalue weighted by molar-refractivity contribution is 0.0949. The Morgan fingerprint density at radius 1 is 1.29 bits per heavy atom. The lowest BCUT2D eigenvalue weighted by atomic mass is 10.3. The molecule has 0 spiro atoms. The van der Waals surface area contributed by atoms with E-state index in [4.69, 9.17) is 9.26 Å². The van der Waals surface area contributed by atoms with E-state index in [1.807, 2.05) is 37.2 Å². The first-order valence-electron chi connectivity index (χ1n) is 7.40. The molecule has 0 saturated heterocycles. The Labute approximate surface area is 143 Å². The zero-order chi connectivity index (χ0) is 17.1. The average molecular weight is 346 g/mol. The molecular formula is C16H18N4O3S. The van der Waals surface area contributed by atoms with Crippen LogP contribution in [0.3, 0.4) is 0 Å². The highest BCUT2D eigenvalue weighted by Crippen LogP contribution is 2.32. The van der Waals surface area contributed by atoms with Gasteiger partial charge in [-0.1, -0.05) is 16.5 Å². The van der Waals surface area contributed by atoms with Gasteiger partial charge in [-0.3, -0.25) is 9.69 Å². The Kier molecular flexibility index (Phi) is 4.77. The van der Waals surface area contributed by atoms with E-state index >= 15 is 0 Å². The number of benzene rings is 1. The summed E-state index contributed by atoms with van der Waals surface area (Å²) < 4.78 is 11.2. The summed E-state index contributed by atoms with van der Waals surface area (Å²) in [5.74, 6) is 0.713. The number of ether oxygens (including phenoxy) is 1. The Bertz CT molecular complexity index is 829. The Balaban J connectivity index is 1.96. The van der Waals surface area contributed by atoms with Crippen molar-refractivity contribution in [2.45, 2.75) is 0 Å². The van der Waals surface area contributed by atoms with Gasteiger partial charge in [-0.25, -0.2) is 4.98 Å². The van der Waals surface area contributed by atoms with Crippen LogP contribution >= 0.6 is 11.3 Å². The highest BCUT2D eigenvalue weighted by molar-refractivity contribution is 7.22. The number of carbonyl (C=O) groups excluding carboxylic acids is 1. The maximum atomic E-state index is 12.7. The molecule has 0 fully saturated rings. The molecule has 0 bridgehead atoms. The van der Waals surface area contributed by atoms with E-state index in [2.05, 4.69) is 10.1 Å². The predicted molar refractivity (Wildman–Crippen MR) is 92.9 cm³/mol. The summed E-state index contributed by atoms with van der Waals surface area (Å²) in [7, 11) is 5.54. The lowest BCUT2D eigenvalue weighted by Crippen LogP contribution is -2.36. The molecule has 0 aliphatic heterocycles. The number of amides is 1. The molecule has 2 heterocycles. The quantitative estimate of drug-likeness (QED) is 0.683. The molecule has 8 heteroatoms. The van der Waals surface area contributed by atoms with Gasteiger partial charge in [0.05, 0.1) is 23.5 Å². The molecule has 3 aromatic rings. The van der Waals surface area contributed by atoms with Crippen LogP contribution in [0, 0.1) is 0 Å². The first kappa shape index (κ1) is 16.4. The molecule has 0 atom stereocenters. The molecule has 0 aliphatic rings. The van der Waals surface area contributed by atoms with E-state index in [1.54, 1.807) is 18.1 Å². The van der Waals surface area contributed by atoms with Crippen molar-refractivity contribution in [2.75, 3.05) is 39.2 Å². The smallest absolute Gasteiger partial charge is 0.298 e. The molecule has 7 nitrogen and oxygen atoms in total. The molecule has 0 aliphatic carbocycles.